The smallest absolute Gasteiger partial charge is 0.196 e. The Bertz CT molecular complexity index is 918. The summed E-state index contributed by atoms with van der Waals surface area (Å²) >= 11 is 13.7. The first-order valence-corrected chi connectivity index (χ1v) is 13.4. The number of nitrogens with one attached hydrogen (secondary N) is 1. The zero-order valence-electron chi connectivity index (χ0n) is 22.4. The second-order valence-electron chi connectivity index (χ2n) is 6.54. The molecule has 35 heavy (non-hydrogen) atoms. The van der Waals surface area contributed by atoms with Gasteiger partial charge in [0.15, 0.2) is 5.16 Å². The lowest BCUT2D eigenvalue weighted by atomic mass is 10.2. The van der Waals surface area contributed by atoms with E-state index in [1.165, 1.54) is 0 Å². The molecule has 1 aromatic heterocycles. The Hall–Kier alpha value is -1.83. The molecule has 0 radical (unpaired) electrons. The monoisotopic (exact) mass is 540 g/mol. The van der Waals surface area contributed by atoms with E-state index in [-0.39, 0.29) is 0 Å². The molecule has 8 heteroatoms. The summed E-state index contributed by atoms with van der Waals surface area (Å²) in [6.45, 7) is 14.2. The van der Waals surface area contributed by atoms with Crippen LogP contribution in [0.5, 0.6) is 0 Å². The molecule has 0 amide bonds. The number of rotatable bonds is 6. The Morgan fingerprint density at radius 1 is 1.03 bits per heavy atom. The lowest BCUT2D eigenvalue weighted by Gasteiger charge is -2.08. The fraction of sp³-hybridized carbons (Fsp3) is 0.407. The number of methoxy groups -OCH3 is 1. The number of nitrogens with zero attached hydrogens (tertiary/aromatic N) is 3. The number of allylic oxidation sites excluding steroid dienone is 1. The molecule has 0 fully saturated rings. The van der Waals surface area contributed by atoms with Crippen molar-refractivity contribution >= 4 is 35.0 Å². The fourth-order valence-corrected chi connectivity index (χ4v) is 3.46. The first-order valence-electron chi connectivity index (χ1n) is 11.6. The van der Waals surface area contributed by atoms with Crippen LogP contribution in [0, 0.1) is 6.92 Å². The summed E-state index contributed by atoms with van der Waals surface area (Å²) in [5, 5.41) is 13.5. The van der Waals surface area contributed by atoms with E-state index in [0.29, 0.717) is 5.02 Å². The fourth-order valence-electron chi connectivity index (χ4n) is 2.12. The van der Waals surface area contributed by atoms with Gasteiger partial charge in [0.25, 0.3) is 0 Å². The van der Waals surface area contributed by atoms with E-state index < -0.39 is 0 Å². The highest BCUT2D eigenvalue weighted by Crippen LogP contribution is 2.26. The highest BCUT2D eigenvalue weighted by molar-refractivity contribution is 7.98. The largest absolute Gasteiger partial charge is 0.385 e. The van der Waals surface area contributed by atoms with Crippen molar-refractivity contribution in [3.05, 3.63) is 82.6 Å². The van der Waals surface area contributed by atoms with Crippen LogP contribution in [0.4, 0.5) is 0 Å². The van der Waals surface area contributed by atoms with Crippen LogP contribution < -0.4 is 5.32 Å². The third-order valence-corrected chi connectivity index (χ3v) is 5.17. The maximum absolute atomic E-state index is 6.08. The number of hydrogen-bond donors (Lipinski definition) is 1. The minimum Gasteiger partial charge on any atom is -0.385 e. The van der Waals surface area contributed by atoms with Crippen LogP contribution in [-0.4, -0.2) is 42.6 Å². The van der Waals surface area contributed by atoms with Gasteiger partial charge in [-0.25, -0.2) is 0 Å². The molecule has 3 aromatic rings. The van der Waals surface area contributed by atoms with Crippen molar-refractivity contribution in [3.63, 3.8) is 0 Å². The molecular weight excluding hydrogens is 499 g/mol. The molecule has 3 rings (SSSR count). The highest BCUT2D eigenvalue weighted by Gasteiger charge is 2.12. The van der Waals surface area contributed by atoms with Gasteiger partial charge in [0.2, 0.25) is 0 Å². The van der Waals surface area contributed by atoms with E-state index in [1.807, 2.05) is 101 Å². The number of halogens is 2. The van der Waals surface area contributed by atoms with Gasteiger partial charge in [0, 0.05) is 29.5 Å². The van der Waals surface area contributed by atoms with Crippen molar-refractivity contribution in [2.75, 3.05) is 27.8 Å². The molecule has 0 aliphatic carbocycles. The van der Waals surface area contributed by atoms with E-state index in [9.17, 15) is 0 Å². The van der Waals surface area contributed by atoms with E-state index >= 15 is 0 Å². The average molecular weight is 542 g/mol. The highest BCUT2D eigenvalue weighted by atomic mass is 35.5. The zero-order valence-corrected chi connectivity index (χ0v) is 24.8. The van der Waals surface area contributed by atoms with Crippen LogP contribution in [-0.2, 0) is 10.5 Å². The van der Waals surface area contributed by atoms with Crippen molar-refractivity contribution in [2.24, 2.45) is 0 Å². The normalized spacial score (nSPS) is 9.09. The minimum absolute atomic E-state index is 0.691. The summed E-state index contributed by atoms with van der Waals surface area (Å²) in [4.78, 5) is 0. The van der Waals surface area contributed by atoms with Gasteiger partial charge in [-0.1, -0.05) is 80.0 Å². The number of aryl methyl sites for hydroxylation is 1. The summed E-state index contributed by atoms with van der Waals surface area (Å²) < 4.78 is 6.54. The zero-order chi connectivity index (χ0) is 27.1. The molecule has 0 bridgehead atoms. The summed E-state index contributed by atoms with van der Waals surface area (Å²) in [6.07, 6.45) is 2.96. The average Bonchev–Trinajstić information content (AvgIpc) is 3.25. The first-order chi connectivity index (χ1) is 16.9. The molecular formula is C27H42Cl2N4OS. The first kappa shape index (κ1) is 35.3. The third kappa shape index (κ3) is 16.5. The molecule has 0 saturated carbocycles. The number of thioether (sulfide) groups is 1. The predicted molar refractivity (Wildman–Crippen MR) is 156 cm³/mol. The van der Waals surface area contributed by atoms with Gasteiger partial charge in [-0.15, -0.1) is 16.8 Å². The van der Waals surface area contributed by atoms with Gasteiger partial charge in [-0.05, 0) is 70.3 Å². The topological polar surface area (TPSA) is 52.0 Å². The summed E-state index contributed by atoms with van der Waals surface area (Å²) in [5.74, 6) is 1.61. The van der Waals surface area contributed by atoms with E-state index in [4.69, 9.17) is 23.2 Å². The van der Waals surface area contributed by atoms with Gasteiger partial charge >= 0.3 is 0 Å². The molecule has 0 atom stereocenters. The Balaban J connectivity index is 0. The van der Waals surface area contributed by atoms with E-state index in [2.05, 4.69) is 33.8 Å². The van der Waals surface area contributed by atoms with Gasteiger partial charge < -0.3 is 10.1 Å². The maximum atomic E-state index is 6.08. The third-order valence-electron chi connectivity index (χ3n) is 3.70. The quantitative estimate of drug-likeness (QED) is 0.251. The van der Waals surface area contributed by atoms with Gasteiger partial charge in [0.05, 0.1) is 5.69 Å². The molecule has 0 unspecified atom stereocenters. The molecule has 1 heterocycles. The predicted octanol–water partition coefficient (Wildman–Crippen LogP) is 8.27. The lowest BCUT2D eigenvalue weighted by molar-refractivity contribution is 0.215. The van der Waals surface area contributed by atoms with E-state index in [1.54, 1.807) is 18.9 Å². The molecule has 0 spiro atoms. The lowest BCUT2D eigenvalue weighted by Crippen LogP contribution is -1.99. The Kier molecular flexibility index (Phi) is 24.1. The van der Waals surface area contributed by atoms with Gasteiger partial charge in [-0.3, -0.25) is 4.57 Å². The Labute approximate surface area is 227 Å². The Morgan fingerprint density at radius 3 is 2.00 bits per heavy atom. The summed E-state index contributed by atoms with van der Waals surface area (Å²) in [6, 6.07) is 15.5. The molecule has 5 nitrogen and oxygen atoms in total. The Morgan fingerprint density at radius 2 is 1.54 bits per heavy atom. The van der Waals surface area contributed by atoms with Crippen LogP contribution in [0.1, 0.15) is 45.5 Å². The molecule has 196 valence electrons. The van der Waals surface area contributed by atoms with Crippen LogP contribution in [0.3, 0.4) is 0 Å². The standard InChI is InChI=1S/C16H13Cl2N3S.C4H8.C3H8O.C2H7N.C2H6/c1-11-19-20-16(21(11)15-7-3-6-14(18)9-15)22-10-12-4-2-5-13(17)8-12;2*1-3-4-2;1-3-2;1-2/h2-9H,10H2,1H3;3H,1,4H2,2H3;3H2,1-2H3;3H,1-2H3;1-2H3. The van der Waals surface area contributed by atoms with Crippen molar-refractivity contribution in [1.82, 2.24) is 20.1 Å². The maximum Gasteiger partial charge on any atom is 0.196 e. The molecule has 0 aliphatic rings. The van der Waals surface area contributed by atoms with Crippen molar-refractivity contribution < 1.29 is 4.74 Å². The number of aromatic nitrogens is 3. The number of benzene rings is 2. The molecule has 1 N–H and O–H groups in total. The molecule has 0 aliphatic heterocycles. The summed E-state index contributed by atoms with van der Waals surface area (Å²) in [7, 11) is 5.43. The molecule has 2 aromatic carbocycles. The van der Waals surface area contributed by atoms with Crippen LogP contribution >= 0.6 is 35.0 Å². The van der Waals surface area contributed by atoms with Gasteiger partial charge in [0.1, 0.15) is 5.82 Å². The van der Waals surface area contributed by atoms with Crippen molar-refractivity contribution in [1.29, 1.82) is 0 Å². The number of ether oxygens (including phenoxy) is 1. The second kappa shape index (κ2) is 23.9. The number of hydrogen-bond acceptors (Lipinski definition) is 5. The van der Waals surface area contributed by atoms with Crippen molar-refractivity contribution in [3.8, 4) is 5.69 Å². The molecule has 0 saturated heterocycles. The second-order valence-corrected chi connectivity index (χ2v) is 8.35. The van der Waals surface area contributed by atoms with Crippen LogP contribution in [0.15, 0.2) is 66.3 Å². The van der Waals surface area contributed by atoms with E-state index in [0.717, 1.165) is 46.0 Å². The SMILES string of the molecule is C=CCC.CC.CCOC.CNC.Cc1nnc(SCc2cccc(Cl)c2)n1-c1cccc(Cl)c1. The van der Waals surface area contributed by atoms with Crippen LogP contribution in [0.25, 0.3) is 5.69 Å². The minimum atomic E-state index is 0.691. The summed E-state index contributed by atoms with van der Waals surface area (Å²) in [5.41, 5.74) is 2.11. The van der Waals surface area contributed by atoms with Gasteiger partial charge in [-0.2, -0.15) is 0 Å². The van der Waals surface area contributed by atoms with Crippen LogP contribution in [0.2, 0.25) is 10.0 Å². The van der Waals surface area contributed by atoms with Crippen molar-refractivity contribution in [2.45, 2.75) is 51.9 Å².